The fraction of sp³-hybridized carbons (Fsp3) is 0.238. The fourth-order valence-electron chi connectivity index (χ4n) is 2.82. The second kappa shape index (κ2) is 8.83. The van der Waals surface area contributed by atoms with E-state index in [1.807, 2.05) is 18.2 Å². The van der Waals surface area contributed by atoms with Gasteiger partial charge < -0.3 is 10.6 Å². The van der Waals surface area contributed by atoms with Crippen molar-refractivity contribution in [1.29, 1.82) is 0 Å². The number of aromatic nitrogens is 1. The van der Waals surface area contributed by atoms with E-state index in [1.54, 1.807) is 6.20 Å². The van der Waals surface area contributed by atoms with Crippen LogP contribution in [0.15, 0.2) is 71.9 Å². The Bertz CT molecular complexity index is 822. The molecule has 0 amide bonds. The zero-order chi connectivity index (χ0) is 17.3. The molecule has 128 valence electrons. The maximum Gasteiger partial charge on any atom is 0.191 e. The summed E-state index contributed by atoms with van der Waals surface area (Å²) in [4.78, 5) is 8.92. The summed E-state index contributed by atoms with van der Waals surface area (Å²) in [6.07, 6.45) is 2.75. The predicted octanol–water partition coefficient (Wildman–Crippen LogP) is 3.53. The molecule has 0 aliphatic carbocycles. The Hall–Kier alpha value is -2.88. The molecule has 1 aromatic heterocycles. The molecule has 0 saturated heterocycles. The zero-order valence-corrected chi connectivity index (χ0v) is 14.6. The normalized spacial score (nSPS) is 11.5. The molecule has 4 heteroatoms. The SMILES string of the molecule is CCNC(=NCc1ccccn1)NCCc1cccc2ccccc12. The van der Waals surface area contributed by atoms with Gasteiger partial charge in [0.15, 0.2) is 5.96 Å². The van der Waals surface area contributed by atoms with E-state index >= 15 is 0 Å². The summed E-state index contributed by atoms with van der Waals surface area (Å²) >= 11 is 0. The van der Waals surface area contributed by atoms with Crippen molar-refractivity contribution < 1.29 is 0 Å². The summed E-state index contributed by atoms with van der Waals surface area (Å²) in [6.45, 7) is 4.32. The van der Waals surface area contributed by atoms with Gasteiger partial charge >= 0.3 is 0 Å². The van der Waals surface area contributed by atoms with E-state index in [-0.39, 0.29) is 0 Å². The van der Waals surface area contributed by atoms with Gasteiger partial charge in [-0.25, -0.2) is 4.99 Å². The third kappa shape index (κ3) is 4.80. The lowest BCUT2D eigenvalue weighted by atomic mass is 10.0. The number of nitrogens with one attached hydrogen (secondary N) is 2. The van der Waals surface area contributed by atoms with Gasteiger partial charge in [0.2, 0.25) is 0 Å². The van der Waals surface area contributed by atoms with E-state index in [1.165, 1.54) is 16.3 Å². The number of nitrogens with zero attached hydrogens (tertiary/aromatic N) is 2. The Balaban J connectivity index is 1.61. The third-order valence-corrected chi connectivity index (χ3v) is 4.04. The number of fused-ring (bicyclic) bond motifs is 1. The van der Waals surface area contributed by atoms with Gasteiger partial charge in [0.1, 0.15) is 0 Å². The minimum Gasteiger partial charge on any atom is -0.357 e. The average Bonchev–Trinajstić information content (AvgIpc) is 2.67. The van der Waals surface area contributed by atoms with Crippen LogP contribution in [0.4, 0.5) is 0 Å². The molecule has 0 spiro atoms. The van der Waals surface area contributed by atoms with Crippen LogP contribution < -0.4 is 10.6 Å². The van der Waals surface area contributed by atoms with E-state index in [9.17, 15) is 0 Å². The van der Waals surface area contributed by atoms with E-state index in [0.717, 1.165) is 31.2 Å². The standard InChI is InChI=1S/C21H24N4/c1-2-22-21(25-16-19-11-5-6-14-23-19)24-15-13-18-10-7-9-17-8-3-4-12-20(17)18/h3-12,14H,2,13,15-16H2,1H3,(H2,22,24,25). The second-order valence-corrected chi connectivity index (χ2v) is 5.83. The highest BCUT2D eigenvalue weighted by molar-refractivity contribution is 5.85. The lowest BCUT2D eigenvalue weighted by Gasteiger charge is -2.12. The minimum atomic E-state index is 0.574. The molecular weight excluding hydrogens is 308 g/mol. The molecule has 2 aromatic carbocycles. The summed E-state index contributed by atoms with van der Waals surface area (Å²) in [5.41, 5.74) is 2.32. The summed E-state index contributed by atoms with van der Waals surface area (Å²) in [7, 11) is 0. The Morgan fingerprint density at radius 3 is 2.64 bits per heavy atom. The molecule has 0 aliphatic heterocycles. The van der Waals surface area contributed by atoms with Gasteiger partial charge in [-0.1, -0.05) is 48.5 Å². The molecule has 2 N–H and O–H groups in total. The minimum absolute atomic E-state index is 0.574. The molecule has 0 atom stereocenters. The van der Waals surface area contributed by atoms with E-state index in [2.05, 4.69) is 70.0 Å². The first kappa shape index (κ1) is 17.0. The summed E-state index contributed by atoms with van der Waals surface area (Å²) in [5.74, 6) is 0.827. The van der Waals surface area contributed by atoms with Crippen molar-refractivity contribution in [3.05, 3.63) is 78.1 Å². The largest absolute Gasteiger partial charge is 0.357 e. The van der Waals surface area contributed by atoms with Crippen molar-refractivity contribution in [3.8, 4) is 0 Å². The number of guanidine groups is 1. The van der Waals surface area contributed by atoms with Crippen LogP contribution in [0.3, 0.4) is 0 Å². The number of aliphatic imine (C=N–C) groups is 1. The number of pyridine rings is 1. The van der Waals surface area contributed by atoms with Crippen LogP contribution in [0.1, 0.15) is 18.2 Å². The van der Waals surface area contributed by atoms with Crippen molar-refractivity contribution >= 4 is 16.7 Å². The van der Waals surface area contributed by atoms with E-state index in [4.69, 9.17) is 0 Å². The van der Waals surface area contributed by atoms with Gasteiger partial charge in [-0.2, -0.15) is 0 Å². The third-order valence-electron chi connectivity index (χ3n) is 4.04. The Morgan fingerprint density at radius 1 is 0.960 bits per heavy atom. The number of rotatable bonds is 6. The topological polar surface area (TPSA) is 49.3 Å². The maximum atomic E-state index is 4.61. The quantitative estimate of drug-likeness (QED) is 0.536. The molecule has 0 fully saturated rings. The van der Waals surface area contributed by atoms with Crippen LogP contribution in [-0.2, 0) is 13.0 Å². The summed E-state index contributed by atoms with van der Waals surface area (Å²) < 4.78 is 0. The first-order valence-electron chi connectivity index (χ1n) is 8.75. The number of benzene rings is 2. The number of hydrogen-bond acceptors (Lipinski definition) is 2. The number of hydrogen-bond donors (Lipinski definition) is 2. The smallest absolute Gasteiger partial charge is 0.191 e. The molecule has 4 nitrogen and oxygen atoms in total. The van der Waals surface area contributed by atoms with Gasteiger partial charge in [0, 0.05) is 19.3 Å². The van der Waals surface area contributed by atoms with Crippen LogP contribution in [0, 0.1) is 0 Å². The molecule has 0 saturated carbocycles. The van der Waals surface area contributed by atoms with E-state index < -0.39 is 0 Å². The zero-order valence-electron chi connectivity index (χ0n) is 14.6. The van der Waals surface area contributed by atoms with Crippen LogP contribution in [0.25, 0.3) is 10.8 Å². The summed E-state index contributed by atoms with van der Waals surface area (Å²) in [6, 6.07) is 20.9. The first-order valence-corrected chi connectivity index (χ1v) is 8.75. The molecule has 3 rings (SSSR count). The highest BCUT2D eigenvalue weighted by atomic mass is 15.2. The van der Waals surface area contributed by atoms with Gasteiger partial charge in [-0.15, -0.1) is 0 Å². The second-order valence-electron chi connectivity index (χ2n) is 5.83. The van der Waals surface area contributed by atoms with Crippen molar-refractivity contribution in [2.24, 2.45) is 4.99 Å². The maximum absolute atomic E-state index is 4.61. The van der Waals surface area contributed by atoms with Crippen LogP contribution in [0.2, 0.25) is 0 Å². The van der Waals surface area contributed by atoms with Crippen LogP contribution in [0.5, 0.6) is 0 Å². The lowest BCUT2D eigenvalue weighted by molar-refractivity contribution is 0.799. The van der Waals surface area contributed by atoms with Crippen LogP contribution >= 0.6 is 0 Å². The molecule has 0 unspecified atom stereocenters. The highest BCUT2D eigenvalue weighted by Gasteiger charge is 2.02. The lowest BCUT2D eigenvalue weighted by Crippen LogP contribution is -2.38. The first-order chi connectivity index (χ1) is 12.4. The van der Waals surface area contributed by atoms with Crippen molar-refractivity contribution in [2.75, 3.05) is 13.1 Å². The average molecular weight is 332 g/mol. The van der Waals surface area contributed by atoms with Crippen molar-refractivity contribution in [1.82, 2.24) is 15.6 Å². The van der Waals surface area contributed by atoms with E-state index in [0.29, 0.717) is 6.54 Å². The van der Waals surface area contributed by atoms with Crippen molar-refractivity contribution in [2.45, 2.75) is 19.9 Å². The highest BCUT2D eigenvalue weighted by Crippen LogP contribution is 2.18. The molecule has 3 aromatic rings. The van der Waals surface area contributed by atoms with Gasteiger partial charge in [-0.3, -0.25) is 4.98 Å². The van der Waals surface area contributed by atoms with Crippen LogP contribution in [-0.4, -0.2) is 24.0 Å². The molecule has 1 heterocycles. The van der Waals surface area contributed by atoms with Gasteiger partial charge in [-0.05, 0) is 41.8 Å². The molecule has 25 heavy (non-hydrogen) atoms. The van der Waals surface area contributed by atoms with Gasteiger partial charge in [0.25, 0.3) is 0 Å². The molecular formula is C21H24N4. The molecule has 0 radical (unpaired) electrons. The monoisotopic (exact) mass is 332 g/mol. The van der Waals surface area contributed by atoms with Gasteiger partial charge in [0.05, 0.1) is 12.2 Å². The summed E-state index contributed by atoms with van der Waals surface area (Å²) in [5, 5.41) is 9.31. The molecule has 0 aliphatic rings. The predicted molar refractivity (Wildman–Crippen MR) is 105 cm³/mol. The Labute approximate surface area is 149 Å². The Morgan fingerprint density at radius 2 is 1.80 bits per heavy atom. The molecule has 0 bridgehead atoms. The fourth-order valence-corrected chi connectivity index (χ4v) is 2.82. The Kier molecular flexibility index (Phi) is 5.99. The van der Waals surface area contributed by atoms with Crippen molar-refractivity contribution in [3.63, 3.8) is 0 Å².